The quantitative estimate of drug-likeness (QED) is 0.659. The monoisotopic (exact) mass is 323 g/mol. The highest BCUT2D eigenvalue weighted by Gasteiger charge is 1.80. The Balaban J connectivity index is -0.000000108. The Morgan fingerprint density at radius 3 is 1.61 bits per heavy atom. The maximum absolute atomic E-state index is 7.00. The zero-order valence-corrected chi connectivity index (χ0v) is 16.6. The van der Waals surface area contributed by atoms with Crippen LogP contribution in [-0.4, -0.2) is 12.2 Å². The standard InChI is InChI=1S/C7H9N.C6H12.C4H8.C3H8.CH4O/c8-6-7-4-2-1-3-5-7;1-4-6(3)5-2;1-3-4-2;1-3-2;1-2/h1-5H,6,8H2;4H,5H2,1-3H3;3H,1,4H2,2H3;3H2,1-2H3;2H,1H3/b;6-4+;;;. The van der Waals surface area contributed by atoms with Crippen LogP contribution in [0.4, 0.5) is 0 Å². The molecule has 136 valence electrons. The van der Waals surface area contributed by atoms with Crippen molar-refractivity contribution in [2.24, 2.45) is 5.73 Å². The molecule has 0 aliphatic rings. The number of allylic oxidation sites excluding steroid dienone is 3. The van der Waals surface area contributed by atoms with Crippen LogP contribution in [0.2, 0.25) is 0 Å². The summed E-state index contributed by atoms with van der Waals surface area (Å²) in [5, 5.41) is 7.00. The van der Waals surface area contributed by atoms with Crippen molar-refractivity contribution in [2.75, 3.05) is 7.11 Å². The van der Waals surface area contributed by atoms with Gasteiger partial charge < -0.3 is 10.8 Å². The normalized spacial score (nSPS) is 8.48. The molecular weight excluding hydrogens is 282 g/mol. The fourth-order valence-corrected chi connectivity index (χ4v) is 0.818. The van der Waals surface area contributed by atoms with Gasteiger partial charge in [0.05, 0.1) is 0 Å². The van der Waals surface area contributed by atoms with Crippen molar-refractivity contribution >= 4 is 0 Å². The molecule has 0 radical (unpaired) electrons. The third-order valence-electron chi connectivity index (χ3n) is 2.42. The van der Waals surface area contributed by atoms with Gasteiger partial charge in [0.25, 0.3) is 0 Å². The van der Waals surface area contributed by atoms with Crippen LogP contribution in [-0.2, 0) is 6.54 Å². The number of aliphatic hydroxyl groups excluding tert-OH is 1. The molecule has 0 heterocycles. The molecule has 0 aliphatic carbocycles. The van der Waals surface area contributed by atoms with Gasteiger partial charge in [-0.05, 0) is 32.3 Å². The summed E-state index contributed by atoms with van der Waals surface area (Å²) in [6, 6.07) is 9.99. The first-order valence-corrected chi connectivity index (χ1v) is 8.48. The summed E-state index contributed by atoms with van der Waals surface area (Å²) in [6.45, 7) is 16.8. The lowest BCUT2D eigenvalue weighted by Crippen LogP contribution is -1.94. The zero-order valence-electron chi connectivity index (χ0n) is 16.6. The van der Waals surface area contributed by atoms with Crippen LogP contribution >= 0.6 is 0 Å². The average molecular weight is 324 g/mol. The molecule has 0 bridgehead atoms. The van der Waals surface area contributed by atoms with E-state index in [-0.39, 0.29) is 0 Å². The highest BCUT2D eigenvalue weighted by Crippen LogP contribution is 1.94. The van der Waals surface area contributed by atoms with Crippen LogP contribution in [0, 0.1) is 0 Å². The molecule has 1 aromatic carbocycles. The number of rotatable bonds is 3. The van der Waals surface area contributed by atoms with E-state index in [9.17, 15) is 0 Å². The number of aliphatic hydroxyl groups is 1. The van der Waals surface area contributed by atoms with E-state index < -0.39 is 0 Å². The van der Waals surface area contributed by atoms with E-state index in [1.165, 1.54) is 24.0 Å². The van der Waals surface area contributed by atoms with Gasteiger partial charge in [0.15, 0.2) is 0 Å². The number of benzene rings is 1. The van der Waals surface area contributed by atoms with Crippen molar-refractivity contribution < 1.29 is 5.11 Å². The van der Waals surface area contributed by atoms with Gasteiger partial charge in [-0.2, -0.15) is 0 Å². The molecule has 0 aromatic heterocycles. The van der Waals surface area contributed by atoms with Crippen molar-refractivity contribution in [3.05, 3.63) is 60.2 Å². The van der Waals surface area contributed by atoms with Crippen molar-refractivity contribution in [1.29, 1.82) is 0 Å². The number of hydrogen-bond donors (Lipinski definition) is 2. The second-order valence-electron chi connectivity index (χ2n) is 4.58. The highest BCUT2D eigenvalue weighted by atomic mass is 16.2. The average Bonchev–Trinajstić information content (AvgIpc) is 2.64. The second kappa shape index (κ2) is 32.5. The van der Waals surface area contributed by atoms with Crippen molar-refractivity contribution in [3.8, 4) is 0 Å². The number of nitrogens with two attached hydrogens (primary N) is 1. The molecule has 0 amide bonds. The SMILES string of the molecule is C/C=C(\C)CC.C=CCC.CCC.CO.NCc1ccccc1. The fraction of sp³-hybridized carbons (Fsp3) is 0.524. The molecule has 2 nitrogen and oxygen atoms in total. The summed E-state index contributed by atoms with van der Waals surface area (Å²) >= 11 is 0. The van der Waals surface area contributed by atoms with Crippen molar-refractivity contribution in [2.45, 2.75) is 67.3 Å². The minimum Gasteiger partial charge on any atom is -0.400 e. The third kappa shape index (κ3) is 38.5. The summed E-state index contributed by atoms with van der Waals surface area (Å²) in [5.41, 5.74) is 8.00. The second-order valence-corrected chi connectivity index (χ2v) is 4.58. The van der Waals surface area contributed by atoms with Gasteiger partial charge in [0.2, 0.25) is 0 Å². The molecule has 0 saturated heterocycles. The summed E-state index contributed by atoms with van der Waals surface area (Å²) in [4.78, 5) is 0. The molecule has 1 aromatic rings. The Kier molecular flexibility index (Phi) is 41.9. The van der Waals surface area contributed by atoms with Gasteiger partial charge in [-0.3, -0.25) is 0 Å². The van der Waals surface area contributed by atoms with Crippen LogP contribution < -0.4 is 5.73 Å². The molecule has 0 aliphatic heterocycles. The largest absolute Gasteiger partial charge is 0.400 e. The Labute approximate surface area is 146 Å². The first kappa shape index (κ1) is 29.6. The molecule has 0 fully saturated rings. The van der Waals surface area contributed by atoms with Gasteiger partial charge in [-0.25, -0.2) is 0 Å². The predicted molar refractivity (Wildman–Crippen MR) is 109 cm³/mol. The molecular formula is C21H41NO. The predicted octanol–water partition coefficient (Wildman–Crippen LogP) is 6.12. The maximum Gasteiger partial charge on any atom is 0.0319 e. The van der Waals surface area contributed by atoms with Crippen LogP contribution in [0.3, 0.4) is 0 Å². The van der Waals surface area contributed by atoms with E-state index in [2.05, 4.69) is 54.2 Å². The van der Waals surface area contributed by atoms with Gasteiger partial charge >= 0.3 is 0 Å². The highest BCUT2D eigenvalue weighted by molar-refractivity contribution is 5.13. The van der Waals surface area contributed by atoms with Gasteiger partial charge in [-0.1, -0.05) is 82.2 Å². The molecule has 0 unspecified atom stereocenters. The van der Waals surface area contributed by atoms with E-state index in [4.69, 9.17) is 10.8 Å². The number of hydrogen-bond acceptors (Lipinski definition) is 2. The minimum atomic E-state index is 0.640. The van der Waals surface area contributed by atoms with Gasteiger partial charge in [0.1, 0.15) is 0 Å². The Morgan fingerprint density at radius 2 is 1.48 bits per heavy atom. The molecule has 0 spiro atoms. The van der Waals surface area contributed by atoms with E-state index in [0.717, 1.165) is 13.5 Å². The maximum atomic E-state index is 7.00. The van der Waals surface area contributed by atoms with Crippen LogP contribution in [0.15, 0.2) is 54.6 Å². The first-order valence-electron chi connectivity index (χ1n) is 8.48. The lowest BCUT2D eigenvalue weighted by molar-refractivity contribution is 0.399. The Bertz CT molecular complexity index is 318. The summed E-state index contributed by atoms with van der Waals surface area (Å²) in [5.74, 6) is 0. The van der Waals surface area contributed by atoms with Crippen LogP contribution in [0.25, 0.3) is 0 Å². The van der Waals surface area contributed by atoms with E-state index in [1.54, 1.807) is 0 Å². The molecule has 0 saturated carbocycles. The Hall–Kier alpha value is -1.38. The third-order valence-corrected chi connectivity index (χ3v) is 2.42. The molecule has 23 heavy (non-hydrogen) atoms. The van der Waals surface area contributed by atoms with E-state index >= 15 is 0 Å². The summed E-state index contributed by atoms with van der Waals surface area (Å²) in [6.07, 6.45) is 7.54. The topological polar surface area (TPSA) is 46.2 Å². The van der Waals surface area contributed by atoms with Gasteiger partial charge in [0, 0.05) is 13.7 Å². The lowest BCUT2D eigenvalue weighted by Gasteiger charge is -1.90. The first-order chi connectivity index (χ1) is 11.1. The van der Waals surface area contributed by atoms with Crippen LogP contribution in [0.1, 0.15) is 66.4 Å². The minimum absolute atomic E-state index is 0.640. The van der Waals surface area contributed by atoms with Crippen molar-refractivity contribution in [3.63, 3.8) is 0 Å². The van der Waals surface area contributed by atoms with Crippen LogP contribution in [0.5, 0.6) is 0 Å². The molecule has 3 N–H and O–H groups in total. The summed E-state index contributed by atoms with van der Waals surface area (Å²) in [7, 11) is 1.00. The molecule has 2 heteroatoms. The van der Waals surface area contributed by atoms with E-state index in [1.807, 2.05) is 36.4 Å². The summed E-state index contributed by atoms with van der Waals surface area (Å²) < 4.78 is 0. The molecule has 0 atom stereocenters. The van der Waals surface area contributed by atoms with Crippen molar-refractivity contribution in [1.82, 2.24) is 0 Å². The lowest BCUT2D eigenvalue weighted by atomic mass is 10.2. The smallest absolute Gasteiger partial charge is 0.0319 e. The van der Waals surface area contributed by atoms with E-state index in [0.29, 0.717) is 6.54 Å². The zero-order chi connectivity index (χ0) is 18.9. The fourth-order valence-electron chi connectivity index (χ4n) is 0.818. The van der Waals surface area contributed by atoms with Gasteiger partial charge in [-0.15, -0.1) is 6.58 Å². The Morgan fingerprint density at radius 1 is 1.09 bits per heavy atom. The molecule has 1 rings (SSSR count).